The molecule has 0 saturated carbocycles. The Labute approximate surface area is 310 Å². The van der Waals surface area contributed by atoms with Gasteiger partial charge in [-0.25, -0.2) is 18.6 Å². The molecule has 0 bridgehead atoms. The van der Waals surface area contributed by atoms with Gasteiger partial charge in [0.15, 0.2) is 12.7 Å². The molecule has 258 valence electrons. The van der Waals surface area contributed by atoms with E-state index in [0.717, 1.165) is 21.2 Å². The molecule has 0 aromatic heterocycles. The molecule has 0 spiro atoms. The lowest BCUT2D eigenvalue weighted by Crippen LogP contribution is -2.68. The van der Waals surface area contributed by atoms with Crippen LogP contribution in [-0.2, 0) is 11.5 Å². The molecule has 0 radical (unpaired) electrons. The van der Waals surface area contributed by atoms with Crippen LogP contribution in [0.15, 0.2) is 192 Å². The zero-order chi connectivity index (χ0) is 35.9. The van der Waals surface area contributed by atoms with Gasteiger partial charge in [0.2, 0.25) is 0 Å². The predicted molar refractivity (Wildman–Crippen MR) is 202 cm³/mol. The number of thioether (sulfide) groups is 2. The van der Waals surface area contributed by atoms with Gasteiger partial charge >= 0.3 is 0 Å². The molecule has 0 aliphatic rings. The van der Waals surface area contributed by atoms with E-state index in [1.807, 2.05) is 30.3 Å². The van der Waals surface area contributed by atoms with Crippen molar-refractivity contribution in [1.29, 1.82) is 0 Å². The van der Waals surface area contributed by atoms with Gasteiger partial charge in [-0.05, 0) is 59.7 Å². The van der Waals surface area contributed by atoms with Gasteiger partial charge in [0, 0.05) is 17.1 Å². The molecule has 51 heavy (non-hydrogen) atoms. The van der Waals surface area contributed by atoms with Crippen molar-refractivity contribution in [3.8, 4) is 0 Å². The lowest BCUT2D eigenvalue weighted by molar-refractivity contribution is -2.00. The van der Waals surface area contributed by atoms with Crippen LogP contribution in [0.25, 0.3) is 0 Å². The number of nitrogens with one attached hydrogen (secondary N) is 1. The van der Waals surface area contributed by atoms with Crippen LogP contribution in [0.2, 0.25) is 0 Å². The Kier molecular flexibility index (Phi) is 14.1. The number of amides is 1. The van der Waals surface area contributed by atoms with Gasteiger partial charge in [-0.1, -0.05) is 133 Å². The van der Waals surface area contributed by atoms with Crippen molar-refractivity contribution < 1.29 is 33.7 Å². The maximum absolute atomic E-state index is 14.3. The molecule has 10 heteroatoms. The second-order valence-electron chi connectivity index (χ2n) is 11.1. The molecule has 0 aliphatic carbocycles. The molecular formula is C41H35ClNO5PS2. The van der Waals surface area contributed by atoms with E-state index in [1.54, 1.807) is 23.5 Å². The van der Waals surface area contributed by atoms with Crippen molar-refractivity contribution in [2.24, 2.45) is 0 Å². The summed E-state index contributed by atoms with van der Waals surface area (Å²) in [7, 11) is -7.57. The van der Waals surface area contributed by atoms with E-state index in [2.05, 4.69) is 157 Å². The van der Waals surface area contributed by atoms with Gasteiger partial charge in [-0.15, -0.1) is 33.8 Å². The highest BCUT2D eigenvalue weighted by Gasteiger charge is 2.52. The van der Waals surface area contributed by atoms with E-state index in [9.17, 15) is 4.79 Å². The molecule has 0 heterocycles. The van der Waals surface area contributed by atoms with Crippen LogP contribution in [0, 0.1) is 10.2 Å². The second-order valence-corrected chi connectivity index (χ2v) is 17.4. The van der Waals surface area contributed by atoms with E-state index < -0.39 is 17.5 Å². The highest BCUT2D eigenvalue weighted by Crippen LogP contribution is 2.64. The summed E-state index contributed by atoms with van der Waals surface area (Å²) in [4.78, 5) is 14.3. The topological polar surface area (TPSA) is 121 Å². The molecule has 6 rings (SSSR count). The Balaban J connectivity index is 0.000000943. The average Bonchev–Trinajstić information content (AvgIpc) is 3.17. The summed E-state index contributed by atoms with van der Waals surface area (Å²) in [6.07, 6.45) is 0. The van der Waals surface area contributed by atoms with E-state index in [1.165, 1.54) is 27.0 Å². The molecule has 1 N–H and O–H groups in total. The average molecular weight is 752 g/mol. The van der Waals surface area contributed by atoms with Crippen LogP contribution >= 0.6 is 30.8 Å². The first kappa shape index (κ1) is 38.0. The van der Waals surface area contributed by atoms with Crippen LogP contribution in [0.4, 0.5) is 0 Å². The molecule has 0 fully saturated rings. The van der Waals surface area contributed by atoms with Crippen LogP contribution in [0.1, 0.15) is 21.5 Å². The normalized spacial score (nSPS) is 11.1. The Morgan fingerprint density at radius 2 is 0.784 bits per heavy atom. The number of halogens is 1. The smallest absolute Gasteiger partial charge is 0.258 e. The van der Waals surface area contributed by atoms with Gasteiger partial charge < -0.3 is 0 Å². The first-order chi connectivity index (χ1) is 24.7. The van der Waals surface area contributed by atoms with Crippen molar-refractivity contribution in [3.05, 3.63) is 208 Å². The monoisotopic (exact) mass is 751 g/mol. The molecule has 0 atom stereocenters. The summed E-state index contributed by atoms with van der Waals surface area (Å²) in [5, 5.41) is 7.16. The Morgan fingerprint density at radius 3 is 1.12 bits per heavy atom. The van der Waals surface area contributed by atoms with Crippen molar-refractivity contribution in [2.45, 2.75) is 11.5 Å². The molecule has 6 aromatic carbocycles. The number of hydrogen-bond donors (Lipinski definition) is 1. The van der Waals surface area contributed by atoms with Gasteiger partial charge in [-0.2, -0.15) is 0 Å². The first-order valence-corrected chi connectivity index (χ1v) is 20.9. The third-order valence-corrected chi connectivity index (χ3v) is 14.8. The maximum Gasteiger partial charge on any atom is 0.258 e. The highest BCUT2D eigenvalue weighted by molar-refractivity contribution is 8.22. The van der Waals surface area contributed by atoms with Gasteiger partial charge in [0.25, 0.3) is 5.91 Å². The van der Waals surface area contributed by atoms with Crippen molar-refractivity contribution in [2.75, 3.05) is 0 Å². The van der Waals surface area contributed by atoms with Crippen LogP contribution in [-0.4, -0.2) is 5.91 Å². The molecular weight excluding hydrogens is 717 g/mol. The van der Waals surface area contributed by atoms with Gasteiger partial charge in [0.1, 0.15) is 20.2 Å². The summed E-state index contributed by atoms with van der Waals surface area (Å²) in [6, 6.07) is 62.9. The minimum absolute atomic E-state index is 0.110. The quantitative estimate of drug-likeness (QED) is 0.181. The molecule has 0 unspecified atom stereocenters. The number of rotatable bonds is 12. The minimum Gasteiger partial charge on any atom is -0.291 e. The fourth-order valence-corrected chi connectivity index (χ4v) is 12.8. The summed E-state index contributed by atoms with van der Waals surface area (Å²) < 4.78 is 35.1. The minimum atomic E-state index is -4.94. The summed E-state index contributed by atoms with van der Waals surface area (Å²) in [5.74, 6) is 1.45. The van der Waals surface area contributed by atoms with Gasteiger partial charge in [0.05, 0.1) is 0 Å². The highest BCUT2D eigenvalue weighted by atomic mass is 35.7. The Bertz CT molecular complexity index is 1820. The lowest BCUT2D eigenvalue weighted by atomic mass is 10.2. The SMILES string of the molecule is O=C(NC(=C(SCc1ccccc1)SCc1ccccc1)[P+](c1ccccc1)(c1ccccc1)c1ccccc1)c1ccccc1.[O-][Cl+3]([O-])([O-])[O-]. The predicted octanol–water partition coefficient (Wildman–Crippen LogP) is 4.65. The third-order valence-electron chi connectivity index (χ3n) is 7.65. The third kappa shape index (κ3) is 10.9. The molecule has 1 amide bonds. The van der Waals surface area contributed by atoms with E-state index in [-0.39, 0.29) is 5.91 Å². The summed E-state index contributed by atoms with van der Waals surface area (Å²) >= 11 is 3.61. The fourth-order valence-electron chi connectivity index (χ4n) is 5.45. The van der Waals surface area contributed by atoms with Gasteiger partial charge in [-0.3, -0.25) is 10.1 Å². The fraction of sp³-hybridized carbons (Fsp3) is 0.0488. The number of carbonyl (C=O) groups is 1. The Morgan fingerprint density at radius 1 is 0.490 bits per heavy atom. The van der Waals surface area contributed by atoms with E-state index >= 15 is 0 Å². The van der Waals surface area contributed by atoms with Crippen molar-refractivity contribution in [1.82, 2.24) is 5.32 Å². The Hall–Kier alpha value is -4.21. The molecule has 6 nitrogen and oxygen atoms in total. The maximum atomic E-state index is 14.3. The van der Waals surface area contributed by atoms with Crippen molar-refractivity contribution >= 4 is 52.6 Å². The first-order valence-electron chi connectivity index (χ1n) is 15.9. The zero-order valence-electron chi connectivity index (χ0n) is 27.4. The van der Waals surface area contributed by atoms with Crippen LogP contribution in [0.5, 0.6) is 0 Å². The standard InChI is InChI=1S/C41H34NOPS2.ClHO4/c43-39(35-23-11-3-12-24-35)42-40(41(45-31-33-19-7-1-8-20-33)46-32-34-21-9-2-10-22-34)44(36-25-13-4-14-26-36,37-27-15-5-16-28-37)38-29-17-6-18-30-38;2-1(3,4)5/h1-30H,31-32H2;(H,2,3,4,5). The summed E-state index contributed by atoms with van der Waals surface area (Å²) in [5.41, 5.74) is 4.07. The molecule has 6 aromatic rings. The van der Waals surface area contributed by atoms with E-state index in [0.29, 0.717) is 5.56 Å². The largest absolute Gasteiger partial charge is 0.291 e. The lowest BCUT2D eigenvalue weighted by Gasteiger charge is -2.31. The number of hydrogen-bond acceptors (Lipinski definition) is 7. The van der Waals surface area contributed by atoms with Crippen LogP contribution < -0.4 is 39.9 Å². The zero-order valence-corrected chi connectivity index (χ0v) is 30.7. The molecule has 0 saturated heterocycles. The summed E-state index contributed by atoms with van der Waals surface area (Å²) in [6.45, 7) is 0. The van der Waals surface area contributed by atoms with Crippen molar-refractivity contribution in [3.63, 3.8) is 0 Å². The van der Waals surface area contributed by atoms with E-state index in [4.69, 9.17) is 18.6 Å². The number of benzene rings is 6. The second kappa shape index (κ2) is 18.9. The number of carbonyl (C=O) groups excluding carboxylic acids is 1. The van der Waals surface area contributed by atoms with Crippen LogP contribution in [0.3, 0.4) is 0 Å². The molecule has 0 aliphatic heterocycles.